The molecule has 0 saturated heterocycles. The molecule has 3 heteroatoms. The Balaban J connectivity index is 4.95. The van der Waals surface area contributed by atoms with E-state index >= 15 is 0 Å². The molecule has 0 aromatic carbocycles. The molecule has 1 nitrogen and oxygen atoms in total. The normalized spacial score (nSPS) is 15.8. The fraction of sp³-hybridized carbons (Fsp3) is 0.857. The van der Waals surface area contributed by atoms with Gasteiger partial charge < -0.3 is 4.43 Å². The number of halogens is 1. The molecule has 17 heavy (non-hydrogen) atoms. The Hall–Kier alpha value is 0.397. The zero-order valence-corrected chi connectivity index (χ0v) is 15.1. The molecule has 0 aliphatic rings. The third-order valence-electron chi connectivity index (χ3n) is 3.97. The lowest BCUT2D eigenvalue weighted by Crippen LogP contribution is -2.47. The van der Waals surface area contributed by atoms with Crippen LogP contribution in [-0.2, 0) is 4.43 Å². The summed E-state index contributed by atoms with van der Waals surface area (Å²) in [6.07, 6.45) is 3.30. The summed E-state index contributed by atoms with van der Waals surface area (Å²) >= 11 is 3.53. The topological polar surface area (TPSA) is 9.23 Å². The van der Waals surface area contributed by atoms with E-state index in [4.69, 9.17) is 4.43 Å². The fourth-order valence-corrected chi connectivity index (χ4v) is 3.25. The zero-order chi connectivity index (χ0) is 13.9. The first-order valence-electron chi connectivity index (χ1n) is 6.35. The van der Waals surface area contributed by atoms with E-state index in [0.29, 0.717) is 0 Å². The highest BCUT2D eigenvalue weighted by Gasteiger charge is 2.41. The van der Waals surface area contributed by atoms with E-state index in [1.807, 2.05) is 6.08 Å². The minimum absolute atomic E-state index is 0.0310. The maximum Gasteiger partial charge on any atom is 0.192 e. The highest BCUT2D eigenvalue weighted by atomic mass is 79.9. The molecule has 0 amide bonds. The average Bonchev–Trinajstić information content (AvgIpc) is 2.15. The summed E-state index contributed by atoms with van der Waals surface area (Å²) in [5, 5.41) is 1.23. The van der Waals surface area contributed by atoms with E-state index in [1.165, 1.54) is 0 Å². The maximum absolute atomic E-state index is 6.54. The van der Waals surface area contributed by atoms with Gasteiger partial charge in [-0.15, -0.1) is 6.58 Å². The molecule has 102 valence electrons. The van der Waals surface area contributed by atoms with Crippen molar-refractivity contribution in [2.75, 3.05) is 5.33 Å². The summed E-state index contributed by atoms with van der Waals surface area (Å²) in [5.41, 5.74) is 0.0310. The molecule has 0 aromatic heterocycles. The Kier molecular flexibility index (Phi) is 6.17. The zero-order valence-electron chi connectivity index (χ0n) is 12.6. The quantitative estimate of drug-likeness (QED) is 0.363. The van der Waals surface area contributed by atoms with Crippen molar-refractivity contribution in [1.82, 2.24) is 0 Å². The van der Waals surface area contributed by atoms with E-state index in [2.05, 4.69) is 70.2 Å². The van der Waals surface area contributed by atoms with Crippen LogP contribution in [0.3, 0.4) is 0 Å². The second-order valence-corrected chi connectivity index (χ2v) is 12.4. The van der Waals surface area contributed by atoms with Gasteiger partial charge in [0.15, 0.2) is 8.32 Å². The van der Waals surface area contributed by atoms with E-state index in [0.717, 1.165) is 11.8 Å². The molecular weight excluding hydrogens is 292 g/mol. The minimum atomic E-state index is -1.70. The lowest BCUT2D eigenvalue weighted by Gasteiger charge is -2.43. The van der Waals surface area contributed by atoms with Gasteiger partial charge in [0, 0.05) is 10.7 Å². The number of alkyl halides is 1. The first-order valence-corrected chi connectivity index (χ1v) is 10.4. The summed E-state index contributed by atoms with van der Waals surface area (Å²) < 4.78 is 6.54. The van der Waals surface area contributed by atoms with Gasteiger partial charge in [-0.1, -0.05) is 56.6 Å². The van der Waals surface area contributed by atoms with E-state index in [9.17, 15) is 0 Å². The smallest absolute Gasteiger partial charge is 0.192 e. The maximum atomic E-state index is 6.54. The van der Waals surface area contributed by atoms with Gasteiger partial charge in [-0.2, -0.15) is 0 Å². The number of rotatable bonds is 6. The van der Waals surface area contributed by atoms with Crippen LogP contribution in [0.1, 0.15) is 41.0 Å². The first-order chi connectivity index (χ1) is 7.48. The Bertz CT molecular complexity index is 253. The third-order valence-corrected chi connectivity index (χ3v) is 8.91. The number of hydrogen-bond donors (Lipinski definition) is 0. The van der Waals surface area contributed by atoms with Crippen molar-refractivity contribution >= 4 is 24.2 Å². The van der Waals surface area contributed by atoms with E-state index in [1.54, 1.807) is 0 Å². The van der Waals surface area contributed by atoms with Gasteiger partial charge in [-0.05, 0) is 24.6 Å². The molecule has 0 aliphatic carbocycles. The molecule has 0 spiro atoms. The Morgan fingerprint density at radius 1 is 1.24 bits per heavy atom. The minimum Gasteiger partial charge on any atom is -0.413 e. The highest BCUT2D eigenvalue weighted by molar-refractivity contribution is 9.09. The lowest BCUT2D eigenvalue weighted by atomic mass is 9.85. The van der Waals surface area contributed by atoms with Crippen LogP contribution in [0, 0.1) is 5.41 Å². The Morgan fingerprint density at radius 3 is 2.00 bits per heavy atom. The van der Waals surface area contributed by atoms with Crippen LogP contribution in [0.5, 0.6) is 0 Å². The SMILES string of the molecule is C=CC(C)(C)[C@H](CCBr)O[Si](C)(C)C(C)(C)C. The number of hydrogen-bond acceptors (Lipinski definition) is 1. The summed E-state index contributed by atoms with van der Waals surface area (Å²) in [4.78, 5) is 0. The van der Waals surface area contributed by atoms with Crippen LogP contribution in [0.15, 0.2) is 12.7 Å². The molecule has 0 aromatic rings. The molecular formula is C14H29BrOSi. The van der Waals surface area contributed by atoms with Gasteiger partial charge >= 0.3 is 0 Å². The average molecular weight is 321 g/mol. The van der Waals surface area contributed by atoms with Gasteiger partial charge in [-0.25, -0.2) is 0 Å². The molecule has 0 saturated carbocycles. The summed E-state index contributed by atoms with van der Waals surface area (Å²) in [6, 6.07) is 0. The third kappa shape index (κ3) is 4.88. The highest BCUT2D eigenvalue weighted by Crippen LogP contribution is 2.40. The predicted octanol–water partition coefficient (Wildman–Crippen LogP) is 5.37. The molecule has 0 heterocycles. The van der Waals surface area contributed by atoms with E-state index < -0.39 is 8.32 Å². The summed E-state index contributed by atoms with van der Waals surface area (Å²) in [7, 11) is -1.70. The summed E-state index contributed by atoms with van der Waals surface area (Å²) in [5.74, 6) is 0. The van der Waals surface area contributed by atoms with Gasteiger partial charge in [0.1, 0.15) is 0 Å². The predicted molar refractivity (Wildman–Crippen MR) is 84.5 cm³/mol. The molecule has 0 fully saturated rings. The van der Waals surface area contributed by atoms with Crippen molar-refractivity contribution in [2.24, 2.45) is 5.41 Å². The fourth-order valence-electron chi connectivity index (χ4n) is 1.35. The van der Waals surface area contributed by atoms with Crippen molar-refractivity contribution < 1.29 is 4.43 Å². The van der Waals surface area contributed by atoms with Crippen LogP contribution in [0.25, 0.3) is 0 Å². The summed E-state index contributed by atoms with van der Waals surface area (Å²) in [6.45, 7) is 19.8. The molecule has 0 radical (unpaired) electrons. The van der Waals surface area contributed by atoms with Crippen molar-refractivity contribution in [3.05, 3.63) is 12.7 Å². The lowest BCUT2D eigenvalue weighted by molar-refractivity contribution is 0.0896. The van der Waals surface area contributed by atoms with Crippen molar-refractivity contribution in [1.29, 1.82) is 0 Å². The first kappa shape index (κ1) is 17.4. The van der Waals surface area contributed by atoms with Crippen molar-refractivity contribution in [3.8, 4) is 0 Å². The van der Waals surface area contributed by atoms with Gasteiger partial charge in [0.2, 0.25) is 0 Å². The molecule has 1 atom stereocenters. The molecule has 0 N–H and O–H groups in total. The molecule has 0 aliphatic heterocycles. The van der Waals surface area contributed by atoms with Crippen molar-refractivity contribution in [2.45, 2.75) is 65.3 Å². The van der Waals surface area contributed by atoms with Crippen molar-refractivity contribution in [3.63, 3.8) is 0 Å². The molecule has 0 rings (SSSR count). The van der Waals surface area contributed by atoms with Gasteiger partial charge in [-0.3, -0.25) is 0 Å². The molecule has 0 unspecified atom stereocenters. The van der Waals surface area contributed by atoms with E-state index in [-0.39, 0.29) is 16.6 Å². The second kappa shape index (κ2) is 6.03. The Morgan fingerprint density at radius 2 is 1.71 bits per heavy atom. The second-order valence-electron chi connectivity index (χ2n) is 6.87. The molecule has 0 bridgehead atoms. The van der Waals surface area contributed by atoms with Gasteiger partial charge in [0.05, 0.1) is 6.10 Å². The van der Waals surface area contributed by atoms with Crippen LogP contribution in [0.2, 0.25) is 18.1 Å². The van der Waals surface area contributed by atoms with Crippen LogP contribution < -0.4 is 0 Å². The largest absolute Gasteiger partial charge is 0.413 e. The Labute approximate surface area is 117 Å². The monoisotopic (exact) mass is 320 g/mol. The van der Waals surface area contributed by atoms with Crippen LogP contribution in [0.4, 0.5) is 0 Å². The van der Waals surface area contributed by atoms with Crippen LogP contribution >= 0.6 is 15.9 Å². The van der Waals surface area contributed by atoms with Gasteiger partial charge in [0.25, 0.3) is 0 Å². The standard InChI is InChI=1S/C14H29BrOSi/c1-9-14(5,6)12(10-11-15)16-17(7,8)13(2,3)4/h9,12H,1,10-11H2,2-8H3/t12-/m0/s1. The van der Waals surface area contributed by atoms with Crippen LogP contribution in [-0.4, -0.2) is 19.8 Å².